The van der Waals surface area contributed by atoms with Gasteiger partial charge in [0.25, 0.3) is 0 Å². The van der Waals surface area contributed by atoms with Gasteiger partial charge in [-0.25, -0.2) is 0 Å². The van der Waals surface area contributed by atoms with Crippen molar-refractivity contribution in [2.75, 3.05) is 7.11 Å². The average molecular weight is 333 g/mol. The molecule has 0 amide bonds. The summed E-state index contributed by atoms with van der Waals surface area (Å²) in [6, 6.07) is 12.9. The number of nitrogens with two attached hydrogens (primary N) is 2. The Morgan fingerprint density at radius 2 is 1.87 bits per heavy atom. The number of methoxy groups -OCH3 is 1. The number of ether oxygens (including phenoxy) is 2. The molecule has 120 valence electrons. The standard InChI is InChI=1S/C16H17ClN4O2/c1-22-15-8-12(9-20-21-16(18)19)4-7-14(15)23-10-11-2-5-13(17)6-3-11/h2-9H,10H2,1H3,(H4,18,19,21)/b20-9+. The van der Waals surface area contributed by atoms with E-state index < -0.39 is 0 Å². The third-order valence-electron chi connectivity index (χ3n) is 2.88. The lowest BCUT2D eigenvalue weighted by molar-refractivity contribution is 0.284. The second-order valence-electron chi connectivity index (χ2n) is 4.59. The van der Waals surface area contributed by atoms with Crippen LogP contribution in [0.1, 0.15) is 11.1 Å². The number of hydrogen-bond acceptors (Lipinski definition) is 4. The summed E-state index contributed by atoms with van der Waals surface area (Å²) in [6.45, 7) is 0.412. The monoisotopic (exact) mass is 332 g/mol. The number of guanidine groups is 1. The maximum absolute atomic E-state index is 5.86. The van der Waals surface area contributed by atoms with Crippen LogP contribution < -0.4 is 20.9 Å². The molecule has 0 aromatic heterocycles. The number of nitrogens with zero attached hydrogens (tertiary/aromatic N) is 2. The molecule has 23 heavy (non-hydrogen) atoms. The van der Waals surface area contributed by atoms with Crippen molar-refractivity contribution < 1.29 is 9.47 Å². The van der Waals surface area contributed by atoms with E-state index >= 15 is 0 Å². The van der Waals surface area contributed by atoms with E-state index in [1.807, 2.05) is 30.3 Å². The molecule has 0 spiro atoms. The molecule has 0 saturated heterocycles. The maximum Gasteiger partial charge on any atom is 0.211 e. The number of hydrogen-bond donors (Lipinski definition) is 2. The highest BCUT2D eigenvalue weighted by Gasteiger charge is 2.05. The molecule has 0 fully saturated rings. The molecule has 0 aliphatic rings. The predicted molar refractivity (Wildman–Crippen MR) is 92.2 cm³/mol. The van der Waals surface area contributed by atoms with Crippen molar-refractivity contribution in [1.29, 1.82) is 0 Å². The Kier molecular flexibility index (Phi) is 5.82. The van der Waals surface area contributed by atoms with Crippen molar-refractivity contribution in [3.8, 4) is 11.5 Å². The van der Waals surface area contributed by atoms with Gasteiger partial charge in [-0.2, -0.15) is 5.10 Å². The molecule has 6 nitrogen and oxygen atoms in total. The Labute approximate surface area is 139 Å². The summed E-state index contributed by atoms with van der Waals surface area (Å²) in [6.07, 6.45) is 1.52. The molecular formula is C16H17ClN4O2. The number of benzene rings is 2. The smallest absolute Gasteiger partial charge is 0.211 e. The summed E-state index contributed by atoms with van der Waals surface area (Å²) < 4.78 is 11.1. The Bertz CT molecular complexity index is 711. The summed E-state index contributed by atoms with van der Waals surface area (Å²) >= 11 is 5.86. The fourth-order valence-electron chi connectivity index (χ4n) is 1.79. The van der Waals surface area contributed by atoms with Gasteiger partial charge in [0.05, 0.1) is 13.3 Å². The van der Waals surface area contributed by atoms with E-state index in [2.05, 4.69) is 10.2 Å². The Hall–Kier alpha value is -2.73. The lowest BCUT2D eigenvalue weighted by Crippen LogP contribution is -2.21. The fraction of sp³-hybridized carbons (Fsp3) is 0.125. The summed E-state index contributed by atoms with van der Waals surface area (Å²) in [4.78, 5) is 0. The van der Waals surface area contributed by atoms with Crippen LogP contribution in [0.5, 0.6) is 11.5 Å². The zero-order valence-electron chi connectivity index (χ0n) is 12.6. The molecule has 0 aliphatic heterocycles. The Morgan fingerprint density at radius 3 is 2.52 bits per heavy atom. The van der Waals surface area contributed by atoms with Gasteiger partial charge >= 0.3 is 0 Å². The lowest BCUT2D eigenvalue weighted by atomic mass is 10.2. The van der Waals surface area contributed by atoms with Crippen LogP contribution in [-0.2, 0) is 6.61 Å². The summed E-state index contributed by atoms with van der Waals surface area (Å²) in [5.74, 6) is 1.12. The van der Waals surface area contributed by atoms with Gasteiger partial charge in [-0.1, -0.05) is 23.7 Å². The van der Waals surface area contributed by atoms with E-state index in [0.717, 1.165) is 11.1 Å². The lowest BCUT2D eigenvalue weighted by Gasteiger charge is -2.11. The molecule has 7 heteroatoms. The van der Waals surface area contributed by atoms with Gasteiger partial charge in [-0.15, -0.1) is 5.10 Å². The first kappa shape index (κ1) is 16.6. The maximum atomic E-state index is 5.86. The third-order valence-corrected chi connectivity index (χ3v) is 3.13. The highest BCUT2D eigenvalue weighted by atomic mass is 35.5. The molecule has 0 bridgehead atoms. The van der Waals surface area contributed by atoms with Crippen LogP contribution in [0.25, 0.3) is 0 Å². The summed E-state index contributed by atoms with van der Waals surface area (Å²) in [7, 11) is 1.57. The highest BCUT2D eigenvalue weighted by molar-refractivity contribution is 6.30. The van der Waals surface area contributed by atoms with Crippen molar-refractivity contribution in [3.63, 3.8) is 0 Å². The molecule has 2 rings (SSSR count). The zero-order valence-corrected chi connectivity index (χ0v) is 13.3. The molecular weight excluding hydrogens is 316 g/mol. The molecule has 2 aromatic rings. The van der Waals surface area contributed by atoms with Crippen LogP contribution in [0.4, 0.5) is 0 Å². The molecule has 4 N–H and O–H groups in total. The Morgan fingerprint density at radius 1 is 1.13 bits per heavy atom. The zero-order chi connectivity index (χ0) is 16.7. The minimum atomic E-state index is -0.101. The van der Waals surface area contributed by atoms with Gasteiger partial charge in [0, 0.05) is 5.02 Å². The van der Waals surface area contributed by atoms with Crippen LogP contribution in [0.15, 0.2) is 52.7 Å². The minimum Gasteiger partial charge on any atom is -0.493 e. The molecule has 2 aromatic carbocycles. The van der Waals surface area contributed by atoms with Gasteiger partial charge < -0.3 is 20.9 Å². The van der Waals surface area contributed by atoms with E-state index in [1.54, 1.807) is 19.2 Å². The molecule has 0 atom stereocenters. The van der Waals surface area contributed by atoms with Gasteiger partial charge in [0.15, 0.2) is 11.5 Å². The average Bonchev–Trinajstić information content (AvgIpc) is 2.54. The second-order valence-corrected chi connectivity index (χ2v) is 5.03. The van der Waals surface area contributed by atoms with Crippen molar-refractivity contribution >= 4 is 23.8 Å². The van der Waals surface area contributed by atoms with E-state index in [4.69, 9.17) is 32.5 Å². The number of rotatable bonds is 6. The topological polar surface area (TPSA) is 95.2 Å². The molecule has 0 unspecified atom stereocenters. The van der Waals surface area contributed by atoms with Crippen LogP contribution in [0, 0.1) is 0 Å². The van der Waals surface area contributed by atoms with E-state index in [-0.39, 0.29) is 5.96 Å². The van der Waals surface area contributed by atoms with Crippen molar-refractivity contribution in [1.82, 2.24) is 0 Å². The largest absolute Gasteiger partial charge is 0.493 e. The Balaban J connectivity index is 2.08. The number of halogens is 1. The van der Waals surface area contributed by atoms with Crippen LogP contribution in [0.3, 0.4) is 0 Å². The highest BCUT2D eigenvalue weighted by Crippen LogP contribution is 2.28. The van der Waals surface area contributed by atoms with Gasteiger partial charge in [-0.3, -0.25) is 0 Å². The van der Waals surface area contributed by atoms with E-state index in [1.165, 1.54) is 6.21 Å². The van der Waals surface area contributed by atoms with Crippen molar-refractivity contribution in [3.05, 3.63) is 58.6 Å². The van der Waals surface area contributed by atoms with Crippen molar-refractivity contribution in [2.24, 2.45) is 21.7 Å². The third kappa shape index (κ3) is 5.19. The van der Waals surface area contributed by atoms with Gasteiger partial charge in [0.1, 0.15) is 6.61 Å². The predicted octanol–water partition coefficient (Wildman–Crippen LogP) is 2.53. The van der Waals surface area contributed by atoms with E-state index in [9.17, 15) is 0 Å². The quantitative estimate of drug-likeness (QED) is 0.482. The molecule has 0 radical (unpaired) electrons. The van der Waals surface area contributed by atoms with Crippen LogP contribution in [0.2, 0.25) is 5.02 Å². The first-order chi connectivity index (χ1) is 11.1. The van der Waals surface area contributed by atoms with Gasteiger partial charge in [0.2, 0.25) is 5.96 Å². The first-order valence-electron chi connectivity index (χ1n) is 6.75. The summed E-state index contributed by atoms with van der Waals surface area (Å²) in [5, 5.41) is 7.98. The van der Waals surface area contributed by atoms with Crippen LogP contribution >= 0.6 is 11.6 Å². The fourth-order valence-corrected chi connectivity index (χ4v) is 1.91. The normalized spacial score (nSPS) is 10.5. The summed E-state index contributed by atoms with van der Waals surface area (Å²) in [5.41, 5.74) is 12.2. The first-order valence-corrected chi connectivity index (χ1v) is 7.13. The van der Waals surface area contributed by atoms with E-state index in [0.29, 0.717) is 23.1 Å². The molecule has 0 saturated carbocycles. The molecule has 0 heterocycles. The molecule has 0 aliphatic carbocycles. The minimum absolute atomic E-state index is 0.101. The van der Waals surface area contributed by atoms with Crippen molar-refractivity contribution in [2.45, 2.75) is 6.61 Å². The SMILES string of the molecule is COc1cc(/C=N/N=C(N)N)ccc1OCc1ccc(Cl)cc1. The van der Waals surface area contributed by atoms with Gasteiger partial charge in [-0.05, 0) is 41.5 Å². The van der Waals surface area contributed by atoms with Crippen LogP contribution in [-0.4, -0.2) is 19.3 Å². The second kappa shape index (κ2) is 8.05.